The molecule has 0 aromatic rings. The smallest absolute Gasteiger partial charge is 0.394 e. The van der Waals surface area contributed by atoms with Crippen LogP contribution in [0.25, 0.3) is 0 Å². The largest absolute Gasteiger partial charge is 0.458 e. The number of carbonyl (C=O) groups excluding carboxylic acids is 1. The number of esters is 1. The Morgan fingerprint density at radius 3 is 1.85 bits per heavy atom. The topological polar surface area (TPSA) is 104 Å². The number of hydrogen-bond donors (Lipinski definition) is 2. The van der Waals surface area contributed by atoms with Crippen molar-refractivity contribution in [3.05, 3.63) is 12.2 Å². The van der Waals surface area contributed by atoms with E-state index in [0.717, 1.165) is 13.1 Å². The van der Waals surface area contributed by atoms with E-state index in [9.17, 15) is 4.79 Å². The minimum atomic E-state index is -4.67. The molecular formula is C12H25NO6S. The molecule has 2 N–H and O–H groups in total. The molecule has 20 heavy (non-hydrogen) atoms. The van der Waals surface area contributed by atoms with E-state index in [1.54, 1.807) is 6.92 Å². The van der Waals surface area contributed by atoms with Gasteiger partial charge in [0.15, 0.2) is 0 Å². The van der Waals surface area contributed by atoms with E-state index in [-0.39, 0.29) is 18.1 Å². The van der Waals surface area contributed by atoms with E-state index in [4.69, 9.17) is 22.3 Å². The number of ether oxygens (including phenoxy) is 1. The molecule has 0 radical (unpaired) electrons. The Morgan fingerprint density at radius 1 is 1.25 bits per heavy atom. The Balaban J connectivity index is 0. The van der Waals surface area contributed by atoms with Crippen molar-refractivity contribution < 1.29 is 27.1 Å². The van der Waals surface area contributed by atoms with Crippen LogP contribution in [0, 0.1) is 0 Å². The van der Waals surface area contributed by atoms with Crippen molar-refractivity contribution in [1.82, 2.24) is 4.90 Å². The van der Waals surface area contributed by atoms with Gasteiger partial charge in [0.05, 0.1) is 0 Å². The van der Waals surface area contributed by atoms with E-state index in [0.29, 0.717) is 5.57 Å². The molecule has 0 rings (SSSR count). The van der Waals surface area contributed by atoms with Crippen molar-refractivity contribution in [3.8, 4) is 0 Å². The Morgan fingerprint density at radius 2 is 1.60 bits per heavy atom. The molecule has 0 amide bonds. The average molecular weight is 311 g/mol. The maximum absolute atomic E-state index is 11.3. The van der Waals surface area contributed by atoms with Crippen LogP contribution in [0.2, 0.25) is 0 Å². The highest BCUT2D eigenvalue weighted by molar-refractivity contribution is 7.79. The Kier molecular flexibility index (Phi) is 10.5. The van der Waals surface area contributed by atoms with Crippen molar-refractivity contribution >= 4 is 16.4 Å². The molecule has 120 valence electrons. The van der Waals surface area contributed by atoms with Gasteiger partial charge in [0.2, 0.25) is 0 Å². The highest BCUT2D eigenvalue weighted by Crippen LogP contribution is 2.09. The summed E-state index contributed by atoms with van der Waals surface area (Å²) in [5, 5.41) is 0. The molecule has 0 bridgehead atoms. The van der Waals surface area contributed by atoms with Gasteiger partial charge in [0.1, 0.15) is 6.10 Å². The van der Waals surface area contributed by atoms with Gasteiger partial charge in [-0.1, -0.05) is 20.4 Å². The molecule has 2 atom stereocenters. The molecule has 0 aromatic carbocycles. The fourth-order valence-corrected chi connectivity index (χ4v) is 1.46. The number of nitrogens with zero attached hydrogens (tertiary/aromatic N) is 1. The molecule has 8 heteroatoms. The predicted molar refractivity (Wildman–Crippen MR) is 76.9 cm³/mol. The lowest BCUT2D eigenvalue weighted by Crippen LogP contribution is -2.42. The molecule has 0 saturated heterocycles. The third-order valence-corrected chi connectivity index (χ3v) is 2.71. The van der Waals surface area contributed by atoms with Crippen molar-refractivity contribution in [2.24, 2.45) is 0 Å². The zero-order chi connectivity index (χ0) is 16.5. The summed E-state index contributed by atoms with van der Waals surface area (Å²) in [7, 11) is -4.67. The lowest BCUT2D eigenvalue weighted by atomic mass is 10.1. The van der Waals surface area contributed by atoms with Crippen LogP contribution in [0.4, 0.5) is 0 Å². The summed E-state index contributed by atoms with van der Waals surface area (Å²) in [5.41, 5.74) is 0.452. The highest BCUT2D eigenvalue weighted by Gasteiger charge is 2.21. The van der Waals surface area contributed by atoms with Gasteiger partial charge >= 0.3 is 16.4 Å². The number of likely N-dealkylation sites (N-methyl/N-ethyl adjacent to an activating group) is 1. The van der Waals surface area contributed by atoms with Crippen molar-refractivity contribution in [2.75, 3.05) is 13.1 Å². The number of carbonyl (C=O) groups is 1. The molecule has 7 nitrogen and oxygen atoms in total. The summed E-state index contributed by atoms with van der Waals surface area (Å²) in [6.45, 7) is 15.4. The second-order valence-corrected chi connectivity index (χ2v) is 5.20. The van der Waals surface area contributed by atoms with E-state index in [1.165, 1.54) is 0 Å². The normalized spacial score (nSPS) is 14.0. The van der Waals surface area contributed by atoms with Gasteiger partial charge in [-0.3, -0.25) is 14.0 Å². The molecule has 0 spiro atoms. The molecule has 0 aliphatic heterocycles. The molecule has 0 aliphatic rings. The van der Waals surface area contributed by atoms with Crippen LogP contribution in [0.1, 0.15) is 34.6 Å². The molecule has 2 unspecified atom stereocenters. The molecule has 0 aromatic heterocycles. The van der Waals surface area contributed by atoms with Gasteiger partial charge in [0.25, 0.3) is 0 Å². The molecule has 0 aliphatic carbocycles. The minimum absolute atomic E-state index is 0.103. The third-order valence-electron chi connectivity index (χ3n) is 2.71. The van der Waals surface area contributed by atoms with Crippen molar-refractivity contribution in [3.63, 3.8) is 0 Å². The summed E-state index contributed by atoms with van der Waals surface area (Å²) < 4.78 is 36.9. The molecular weight excluding hydrogens is 286 g/mol. The Hall–Kier alpha value is -0.960. The summed E-state index contributed by atoms with van der Waals surface area (Å²) in [4.78, 5) is 13.6. The maximum atomic E-state index is 11.3. The Labute approximate surface area is 121 Å². The molecule has 0 saturated carbocycles. The van der Waals surface area contributed by atoms with Crippen LogP contribution in [-0.4, -0.2) is 53.6 Å². The highest BCUT2D eigenvalue weighted by atomic mass is 32.3. The predicted octanol–water partition coefficient (Wildman–Crippen LogP) is 1.57. The second kappa shape index (κ2) is 9.87. The quantitative estimate of drug-likeness (QED) is 0.436. The lowest BCUT2D eigenvalue weighted by molar-refractivity contribution is -0.146. The standard InChI is InChI=1S/C12H23NO2.H2O4S/c1-7-13(8-2)10(5)11(6)15-12(14)9(3)4;1-5(2,3)4/h10-11H,3,7-8H2,1-2,4-6H3;(H2,1,2,3,4). The van der Waals surface area contributed by atoms with E-state index >= 15 is 0 Å². The second-order valence-electron chi connectivity index (χ2n) is 4.30. The van der Waals surface area contributed by atoms with Crippen LogP contribution in [0.5, 0.6) is 0 Å². The monoisotopic (exact) mass is 311 g/mol. The van der Waals surface area contributed by atoms with Gasteiger partial charge in [-0.05, 0) is 33.9 Å². The third kappa shape index (κ3) is 12.1. The molecule has 0 fully saturated rings. The first-order valence-electron chi connectivity index (χ1n) is 6.24. The van der Waals surface area contributed by atoms with Crippen molar-refractivity contribution in [2.45, 2.75) is 46.8 Å². The Bertz CT molecular complexity index is 394. The number of rotatable bonds is 6. The van der Waals surface area contributed by atoms with E-state index in [2.05, 4.69) is 32.3 Å². The van der Waals surface area contributed by atoms with Gasteiger partial charge in [-0.15, -0.1) is 0 Å². The van der Waals surface area contributed by atoms with Gasteiger partial charge < -0.3 is 4.74 Å². The zero-order valence-electron chi connectivity index (χ0n) is 12.7. The van der Waals surface area contributed by atoms with E-state index < -0.39 is 10.4 Å². The lowest BCUT2D eigenvalue weighted by Gasteiger charge is -2.30. The SMILES string of the molecule is C=C(C)C(=O)OC(C)C(C)N(CC)CC.O=S(=O)(O)O. The number of hydrogen-bond acceptors (Lipinski definition) is 5. The van der Waals surface area contributed by atoms with Gasteiger partial charge in [0, 0.05) is 11.6 Å². The van der Waals surface area contributed by atoms with Gasteiger partial charge in [-0.2, -0.15) is 8.42 Å². The maximum Gasteiger partial charge on any atom is 0.394 e. The fraction of sp³-hybridized carbons (Fsp3) is 0.750. The van der Waals surface area contributed by atoms with Gasteiger partial charge in [-0.25, -0.2) is 4.79 Å². The first-order valence-corrected chi connectivity index (χ1v) is 7.64. The van der Waals surface area contributed by atoms with Crippen molar-refractivity contribution in [1.29, 1.82) is 0 Å². The zero-order valence-corrected chi connectivity index (χ0v) is 13.5. The first kappa shape index (κ1) is 21.3. The summed E-state index contributed by atoms with van der Waals surface area (Å²) in [5.74, 6) is -0.304. The summed E-state index contributed by atoms with van der Waals surface area (Å²) in [6.07, 6.45) is -0.103. The van der Waals surface area contributed by atoms with Crippen LogP contribution in [0.15, 0.2) is 12.2 Å². The average Bonchev–Trinajstić information content (AvgIpc) is 2.27. The fourth-order valence-electron chi connectivity index (χ4n) is 1.46. The van der Waals surface area contributed by atoms with Crippen LogP contribution in [-0.2, 0) is 19.9 Å². The van der Waals surface area contributed by atoms with Crippen LogP contribution in [0.3, 0.4) is 0 Å². The van der Waals surface area contributed by atoms with E-state index in [1.807, 2.05) is 6.92 Å². The van der Waals surface area contributed by atoms with Crippen LogP contribution < -0.4 is 0 Å². The van der Waals surface area contributed by atoms with Crippen LogP contribution >= 0.6 is 0 Å². The minimum Gasteiger partial charge on any atom is -0.458 e. The summed E-state index contributed by atoms with van der Waals surface area (Å²) >= 11 is 0. The molecule has 0 heterocycles. The summed E-state index contributed by atoms with van der Waals surface area (Å²) in [6, 6.07) is 0.239. The first-order chi connectivity index (χ1) is 8.93.